The Morgan fingerprint density at radius 1 is 0.892 bits per heavy atom. The average molecular weight is 527 g/mol. The van der Waals surface area contributed by atoms with Crippen molar-refractivity contribution in [2.75, 3.05) is 6.54 Å². The summed E-state index contributed by atoms with van der Waals surface area (Å²) in [6.07, 6.45) is 8.15. The summed E-state index contributed by atoms with van der Waals surface area (Å²) in [5, 5.41) is 9.71. The van der Waals surface area contributed by atoms with E-state index in [2.05, 4.69) is 104 Å². The van der Waals surface area contributed by atoms with Crippen LogP contribution in [0.3, 0.4) is 0 Å². The molecule has 208 valence electrons. The number of unbranched alkanes of at least 4 members (excludes halogenated alkanes) is 3. The molecule has 1 aromatic heterocycles. The predicted molar refractivity (Wildman–Crippen MR) is 168 cm³/mol. The predicted octanol–water partition coefficient (Wildman–Crippen LogP) is 9.51. The lowest BCUT2D eigenvalue weighted by atomic mass is 10.2. The van der Waals surface area contributed by atoms with E-state index in [1.54, 1.807) is 17.8 Å². The summed E-state index contributed by atoms with van der Waals surface area (Å²) in [7, 11) is 0. The van der Waals surface area contributed by atoms with Crippen molar-refractivity contribution in [2.45, 2.75) is 105 Å². The highest BCUT2D eigenvalue weighted by molar-refractivity contribution is 7.98. The van der Waals surface area contributed by atoms with E-state index in [4.69, 9.17) is 5.73 Å². The van der Waals surface area contributed by atoms with Gasteiger partial charge in [-0.15, -0.1) is 16.8 Å². The number of allylic oxidation sites excluding steroid dienone is 1. The van der Waals surface area contributed by atoms with E-state index >= 15 is 0 Å². The van der Waals surface area contributed by atoms with Crippen LogP contribution in [0, 0.1) is 13.8 Å². The molecule has 5 heteroatoms. The molecule has 0 unspecified atom stereocenters. The van der Waals surface area contributed by atoms with Crippen LogP contribution >= 0.6 is 11.8 Å². The Morgan fingerprint density at radius 2 is 1.43 bits per heavy atom. The minimum absolute atomic E-state index is 0.750. The fourth-order valence-corrected chi connectivity index (χ4v) is 3.91. The fraction of sp³-hybridized carbons (Fsp3) is 0.500. The molecular formula is C32H54N4S. The lowest BCUT2D eigenvalue weighted by Crippen LogP contribution is -2.02. The number of aryl methyl sites for hydroxylation is 3. The first-order chi connectivity index (χ1) is 17.9. The van der Waals surface area contributed by atoms with Gasteiger partial charge in [0.15, 0.2) is 5.16 Å². The zero-order valence-electron chi connectivity index (χ0n) is 25.2. The van der Waals surface area contributed by atoms with Gasteiger partial charge in [-0.3, -0.25) is 4.57 Å². The van der Waals surface area contributed by atoms with Crippen LogP contribution in [0.5, 0.6) is 0 Å². The number of aromatic nitrogens is 3. The molecule has 0 saturated heterocycles. The van der Waals surface area contributed by atoms with E-state index < -0.39 is 0 Å². The SMILES string of the molecule is C=CC.CC.CCCCCC.CCN.CCc1nnc(SCc2ccc(C)cc2)n1-c1cccc(C)c1. The Balaban J connectivity index is 0. The quantitative estimate of drug-likeness (QED) is 0.180. The van der Waals surface area contributed by atoms with Gasteiger partial charge in [0, 0.05) is 17.9 Å². The second kappa shape index (κ2) is 25.3. The third kappa shape index (κ3) is 16.9. The molecule has 0 radical (unpaired) electrons. The van der Waals surface area contributed by atoms with Gasteiger partial charge >= 0.3 is 0 Å². The van der Waals surface area contributed by atoms with Gasteiger partial charge in [-0.05, 0) is 50.6 Å². The van der Waals surface area contributed by atoms with E-state index in [-0.39, 0.29) is 0 Å². The number of nitrogens with zero attached hydrogens (tertiary/aromatic N) is 3. The van der Waals surface area contributed by atoms with Gasteiger partial charge in [0.2, 0.25) is 0 Å². The maximum absolute atomic E-state index is 4.85. The Bertz CT molecular complexity index is 913. The second-order valence-electron chi connectivity index (χ2n) is 8.22. The van der Waals surface area contributed by atoms with Crippen molar-refractivity contribution in [2.24, 2.45) is 5.73 Å². The first-order valence-electron chi connectivity index (χ1n) is 13.9. The zero-order chi connectivity index (χ0) is 28.5. The van der Waals surface area contributed by atoms with Gasteiger partial charge < -0.3 is 5.73 Å². The number of rotatable bonds is 8. The Kier molecular flexibility index (Phi) is 25.1. The molecule has 37 heavy (non-hydrogen) atoms. The van der Waals surface area contributed by atoms with Gasteiger partial charge in [0.25, 0.3) is 0 Å². The highest BCUT2D eigenvalue weighted by Crippen LogP contribution is 2.26. The van der Waals surface area contributed by atoms with Crippen LogP contribution in [-0.2, 0) is 12.2 Å². The second-order valence-corrected chi connectivity index (χ2v) is 9.17. The molecule has 0 spiro atoms. The summed E-state index contributed by atoms with van der Waals surface area (Å²) < 4.78 is 2.17. The number of nitrogens with two attached hydrogens (primary N) is 1. The van der Waals surface area contributed by atoms with Crippen molar-refractivity contribution in [1.82, 2.24) is 14.8 Å². The molecule has 3 aromatic rings. The minimum Gasteiger partial charge on any atom is -0.331 e. The molecular weight excluding hydrogens is 472 g/mol. The molecule has 0 aliphatic heterocycles. The lowest BCUT2D eigenvalue weighted by Gasteiger charge is -2.10. The van der Waals surface area contributed by atoms with E-state index in [1.165, 1.54) is 42.4 Å². The number of hydrogen-bond donors (Lipinski definition) is 1. The van der Waals surface area contributed by atoms with Crippen LogP contribution in [-0.4, -0.2) is 21.3 Å². The summed E-state index contributed by atoms with van der Waals surface area (Å²) >= 11 is 1.73. The fourth-order valence-electron chi connectivity index (χ4n) is 2.98. The summed E-state index contributed by atoms with van der Waals surface area (Å²) in [6, 6.07) is 17.1. The molecule has 0 amide bonds. The molecule has 0 atom stereocenters. The van der Waals surface area contributed by atoms with Crippen molar-refractivity contribution in [1.29, 1.82) is 0 Å². The molecule has 0 fully saturated rings. The first-order valence-corrected chi connectivity index (χ1v) is 14.9. The van der Waals surface area contributed by atoms with Crippen LogP contribution in [0.25, 0.3) is 5.69 Å². The Hall–Kier alpha value is -2.37. The monoisotopic (exact) mass is 526 g/mol. The molecule has 4 nitrogen and oxygen atoms in total. The van der Waals surface area contributed by atoms with Crippen LogP contribution in [0.4, 0.5) is 0 Å². The summed E-state index contributed by atoms with van der Waals surface area (Å²) in [6.45, 7) is 22.7. The highest BCUT2D eigenvalue weighted by atomic mass is 32.2. The zero-order valence-corrected chi connectivity index (χ0v) is 26.0. The van der Waals surface area contributed by atoms with Gasteiger partial charge in [-0.2, -0.15) is 0 Å². The van der Waals surface area contributed by atoms with Crippen LogP contribution in [0.1, 0.15) is 96.7 Å². The molecule has 1 heterocycles. The summed E-state index contributed by atoms with van der Waals surface area (Å²) in [5.41, 5.74) is 9.82. The van der Waals surface area contributed by atoms with Gasteiger partial charge in [0.1, 0.15) is 5.82 Å². The summed E-state index contributed by atoms with van der Waals surface area (Å²) in [5.74, 6) is 1.90. The minimum atomic E-state index is 0.750. The van der Waals surface area contributed by atoms with Crippen LogP contribution in [0.2, 0.25) is 0 Å². The van der Waals surface area contributed by atoms with E-state index in [0.717, 1.165) is 35.4 Å². The lowest BCUT2D eigenvalue weighted by molar-refractivity contribution is 0.702. The maximum Gasteiger partial charge on any atom is 0.196 e. The molecule has 0 bridgehead atoms. The van der Waals surface area contributed by atoms with E-state index in [0.29, 0.717) is 0 Å². The van der Waals surface area contributed by atoms with Gasteiger partial charge in [0.05, 0.1) is 0 Å². The molecule has 3 rings (SSSR count). The van der Waals surface area contributed by atoms with Crippen molar-refractivity contribution in [3.05, 3.63) is 83.7 Å². The van der Waals surface area contributed by atoms with Crippen LogP contribution < -0.4 is 5.73 Å². The van der Waals surface area contributed by atoms with Crippen LogP contribution in [0.15, 0.2) is 66.3 Å². The Morgan fingerprint density at radius 3 is 1.89 bits per heavy atom. The summed E-state index contributed by atoms with van der Waals surface area (Å²) in [4.78, 5) is 0. The molecule has 0 saturated carbocycles. The Labute approximate surface area is 233 Å². The third-order valence-electron chi connectivity index (χ3n) is 4.72. The highest BCUT2D eigenvalue weighted by Gasteiger charge is 2.13. The van der Waals surface area contributed by atoms with E-state index in [9.17, 15) is 0 Å². The topological polar surface area (TPSA) is 56.7 Å². The molecule has 0 aliphatic carbocycles. The molecule has 2 N–H and O–H groups in total. The molecule has 2 aromatic carbocycles. The van der Waals surface area contributed by atoms with E-state index in [1.807, 2.05) is 27.7 Å². The first kappa shape index (κ1) is 36.8. The number of hydrogen-bond acceptors (Lipinski definition) is 4. The largest absolute Gasteiger partial charge is 0.331 e. The van der Waals surface area contributed by atoms with Gasteiger partial charge in [-0.25, -0.2) is 0 Å². The van der Waals surface area contributed by atoms with Crippen molar-refractivity contribution in [3.8, 4) is 5.69 Å². The maximum atomic E-state index is 4.85. The number of benzene rings is 2. The average Bonchev–Trinajstić information content (AvgIpc) is 3.33. The normalized spacial score (nSPS) is 9.24. The van der Waals surface area contributed by atoms with Crippen molar-refractivity contribution >= 4 is 11.8 Å². The van der Waals surface area contributed by atoms with Gasteiger partial charge in [-0.1, -0.05) is 127 Å². The van der Waals surface area contributed by atoms with Crippen molar-refractivity contribution < 1.29 is 0 Å². The third-order valence-corrected chi connectivity index (χ3v) is 5.72. The molecule has 0 aliphatic rings. The smallest absolute Gasteiger partial charge is 0.196 e. The standard InChI is InChI=1S/C19H21N3S.C6H14.C3H6.C2H7N.C2H6/c1-4-18-20-21-19(22(18)17-7-5-6-15(3)12-17)23-13-16-10-8-14(2)9-11-16;1-3-5-6-4-2;1-3-2;1-2-3;1-2/h5-12H,4,13H2,1-3H3;3-6H2,1-2H3;3H,1H2,2H3;2-3H2,1H3;1-2H3. The van der Waals surface area contributed by atoms with Crippen molar-refractivity contribution in [3.63, 3.8) is 0 Å². The number of thioether (sulfide) groups is 1.